The van der Waals surface area contributed by atoms with Gasteiger partial charge in [0.25, 0.3) is 17.4 Å². The molecule has 0 aromatic heterocycles. The molecule has 3 rings (SSSR count). The van der Waals surface area contributed by atoms with E-state index in [2.05, 4.69) is 0 Å². The topological polar surface area (TPSA) is 146 Å². The third-order valence-electron chi connectivity index (χ3n) is 3.66. The van der Waals surface area contributed by atoms with Crippen LogP contribution in [0, 0.1) is 30.3 Å². The van der Waals surface area contributed by atoms with Crippen molar-refractivity contribution in [2.45, 2.75) is 17.4 Å². The van der Waals surface area contributed by atoms with Gasteiger partial charge < -0.3 is 0 Å². The van der Waals surface area contributed by atoms with Crippen LogP contribution >= 0.6 is 11.8 Å². The predicted octanol–water partition coefficient (Wildman–Crippen LogP) is 1.89. The first kappa shape index (κ1) is 15.8. The Morgan fingerprint density at radius 1 is 1.08 bits per heavy atom. The number of rotatable bonds is 3. The van der Waals surface area contributed by atoms with E-state index in [1.807, 2.05) is 0 Å². The zero-order valence-corrected chi connectivity index (χ0v) is 12.5. The van der Waals surface area contributed by atoms with Gasteiger partial charge in [0.05, 0.1) is 25.7 Å². The highest BCUT2D eigenvalue weighted by molar-refractivity contribution is 8.03. The van der Waals surface area contributed by atoms with Crippen LogP contribution < -0.4 is 0 Å². The first-order chi connectivity index (χ1) is 11.3. The number of benzene rings is 1. The summed E-state index contributed by atoms with van der Waals surface area (Å²) >= 11 is 0.734. The van der Waals surface area contributed by atoms with E-state index in [0.29, 0.717) is 11.6 Å². The van der Waals surface area contributed by atoms with Gasteiger partial charge in [-0.05, 0) is 5.56 Å². The highest BCUT2D eigenvalue weighted by Crippen LogP contribution is 2.47. The second-order valence-corrected chi connectivity index (χ2v) is 6.03. The van der Waals surface area contributed by atoms with Crippen molar-refractivity contribution in [1.82, 2.24) is 0 Å². The van der Waals surface area contributed by atoms with Gasteiger partial charge in [-0.3, -0.25) is 35.1 Å². The zero-order chi connectivity index (χ0) is 17.6. The molecular weight excluding hydrogens is 342 g/mol. The lowest BCUT2D eigenvalue weighted by molar-refractivity contribution is -0.497. The Bertz CT molecular complexity index is 890. The Kier molecular flexibility index (Phi) is 3.64. The van der Waals surface area contributed by atoms with E-state index in [1.54, 1.807) is 6.07 Å². The molecule has 122 valence electrons. The van der Waals surface area contributed by atoms with Crippen LogP contribution in [0.15, 0.2) is 45.3 Å². The van der Waals surface area contributed by atoms with Crippen molar-refractivity contribution in [2.24, 2.45) is 0 Å². The Morgan fingerprint density at radius 3 is 2.38 bits per heavy atom. The number of nitro groups is 3. The summed E-state index contributed by atoms with van der Waals surface area (Å²) in [4.78, 5) is 43.5. The van der Waals surface area contributed by atoms with Crippen LogP contribution in [0.3, 0.4) is 0 Å². The van der Waals surface area contributed by atoms with E-state index >= 15 is 0 Å². The molecule has 1 atom stereocenters. The summed E-state index contributed by atoms with van der Waals surface area (Å²) in [6.45, 7) is 0. The Balaban J connectivity index is 2.16. The third-order valence-corrected chi connectivity index (χ3v) is 4.99. The van der Waals surface area contributed by atoms with Crippen LogP contribution in [0.4, 0.5) is 5.69 Å². The maximum absolute atomic E-state index is 12.3. The van der Waals surface area contributed by atoms with E-state index in [9.17, 15) is 35.1 Å². The molecule has 0 spiro atoms. The lowest BCUT2D eigenvalue weighted by atomic mass is 9.91. The number of fused-ring (bicyclic) bond motifs is 1. The van der Waals surface area contributed by atoms with Crippen molar-refractivity contribution in [3.63, 3.8) is 0 Å². The number of carbonyl (C=O) groups excluding carboxylic acids is 1. The Hall–Kier alpha value is -3.08. The highest BCUT2D eigenvalue weighted by Gasteiger charge is 2.45. The molecule has 0 saturated heterocycles. The van der Waals surface area contributed by atoms with Gasteiger partial charge in [-0.15, -0.1) is 0 Å². The third kappa shape index (κ3) is 2.34. The second kappa shape index (κ2) is 5.53. The lowest BCUT2D eigenvalue weighted by Gasteiger charge is -2.23. The number of Topliss-reactive ketones (excluding diaryl/α,β-unsaturated/α-hetero) is 1. The van der Waals surface area contributed by atoms with Crippen molar-refractivity contribution >= 4 is 23.2 Å². The van der Waals surface area contributed by atoms with Gasteiger partial charge in [-0.1, -0.05) is 23.9 Å². The summed E-state index contributed by atoms with van der Waals surface area (Å²) in [5.74, 6) is -0.828. The standard InChI is InChI=1S/C13H7N3O7S/c17-11-7-4-6-2-1-3-8(14(18)19)12(6)24-13(7)10(16(22)23)5-9(11)15(20)21/h1-3,5,9H,4H2. The molecule has 0 fully saturated rings. The fourth-order valence-electron chi connectivity index (χ4n) is 2.59. The summed E-state index contributed by atoms with van der Waals surface area (Å²) < 4.78 is 0. The van der Waals surface area contributed by atoms with Crippen LogP contribution in [-0.2, 0) is 11.2 Å². The molecule has 1 aliphatic carbocycles. The zero-order valence-electron chi connectivity index (χ0n) is 11.7. The number of carbonyl (C=O) groups is 1. The first-order valence-electron chi connectivity index (χ1n) is 6.53. The minimum Gasteiger partial charge on any atom is -0.286 e. The summed E-state index contributed by atoms with van der Waals surface area (Å²) in [5.41, 5.74) is -0.410. The number of hydrogen-bond acceptors (Lipinski definition) is 8. The maximum atomic E-state index is 12.3. The van der Waals surface area contributed by atoms with Gasteiger partial charge in [-0.2, -0.15) is 0 Å². The fraction of sp³-hybridized carbons (Fsp3) is 0.154. The molecule has 24 heavy (non-hydrogen) atoms. The van der Waals surface area contributed by atoms with Crippen LogP contribution in [-0.4, -0.2) is 26.6 Å². The minimum absolute atomic E-state index is 0.0519. The number of ketones is 1. The number of nitro benzene ring substituents is 1. The van der Waals surface area contributed by atoms with Gasteiger partial charge in [-0.25, -0.2) is 0 Å². The average molecular weight is 349 g/mol. The Labute approximate surface area is 137 Å². The van der Waals surface area contributed by atoms with Crippen molar-refractivity contribution in [2.75, 3.05) is 0 Å². The molecule has 1 aromatic carbocycles. The van der Waals surface area contributed by atoms with Crippen molar-refractivity contribution < 1.29 is 19.6 Å². The molecule has 1 unspecified atom stereocenters. The summed E-state index contributed by atoms with van der Waals surface area (Å²) in [6.07, 6.45) is 0.571. The number of thioether (sulfide) groups is 1. The van der Waals surface area contributed by atoms with Gasteiger partial charge in [0.1, 0.15) is 0 Å². The smallest absolute Gasteiger partial charge is 0.286 e. The molecular formula is C13H7N3O7S. The van der Waals surface area contributed by atoms with Gasteiger partial charge >= 0.3 is 0 Å². The van der Waals surface area contributed by atoms with Crippen molar-refractivity contribution in [1.29, 1.82) is 0 Å². The van der Waals surface area contributed by atoms with Crippen LogP contribution in [0.2, 0.25) is 0 Å². The second-order valence-electron chi connectivity index (χ2n) is 5.01. The van der Waals surface area contributed by atoms with Gasteiger partial charge in [0.2, 0.25) is 5.78 Å². The molecule has 10 nitrogen and oxygen atoms in total. The van der Waals surface area contributed by atoms with E-state index in [-0.39, 0.29) is 27.5 Å². The summed E-state index contributed by atoms with van der Waals surface area (Å²) in [5, 5.41) is 33.4. The van der Waals surface area contributed by atoms with Crippen LogP contribution in [0.1, 0.15) is 5.56 Å². The SMILES string of the molecule is O=C1C2=C(Sc3c(cccc3[N+](=O)[O-])C2)C([N+](=O)[O-])=CC1[N+](=O)[O-]. The van der Waals surface area contributed by atoms with Gasteiger partial charge in [0, 0.05) is 23.0 Å². The molecule has 0 saturated carbocycles. The molecule has 1 heterocycles. The fourth-order valence-corrected chi connectivity index (χ4v) is 3.86. The lowest BCUT2D eigenvalue weighted by Crippen LogP contribution is -2.35. The summed E-state index contributed by atoms with van der Waals surface area (Å²) in [7, 11) is 0. The van der Waals surface area contributed by atoms with Gasteiger partial charge in [0.15, 0.2) is 0 Å². The molecule has 11 heteroatoms. The monoisotopic (exact) mass is 349 g/mol. The largest absolute Gasteiger partial charge is 0.299 e. The summed E-state index contributed by atoms with van der Waals surface area (Å²) in [6, 6.07) is 2.44. The van der Waals surface area contributed by atoms with Crippen LogP contribution in [0.5, 0.6) is 0 Å². The normalized spacial score (nSPS) is 19.2. The van der Waals surface area contributed by atoms with E-state index in [1.165, 1.54) is 12.1 Å². The van der Waals surface area contributed by atoms with E-state index in [0.717, 1.165) is 11.8 Å². The molecule has 0 bridgehead atoms. The van der Waals surface area contributed by atoms with Crippen LogP contribution in [0.25, 0.3) is 0 Å². The van der Waals surface area contributed by atoms with Crippen molar-refractivity contribution in [3.8, 4) is 0 Å². The molecule has 1 aliphatic heterocycles. The van der Waals surface area contributed by atoms with E-state index < -0.39 is 32.3 Å². The molecule has 1 aromatic rings. The first-order valence-corrected chi connectivity index (χ1v) is 7.34. The molecule has 2 aliphatic rings. The number of hydrogen-bond donors (Lipinski definition) is 0. The van der Waals surface area contributed by atoms with Crippen molar-refractivity contribution in [3.05, 3.63) is 76.4 Å². The Morgan fingerprint density at radius 2 is 1.79 bits per heavy atom. The van der Waals surface area contributed by atoms with E-state index in [4.69, 9.17) is 0 Å². The molecule has 0 radical (unpaired) electrons. The molecule has 0 N–H and O–H groups in total. The predicted molar refractivity (Wildman–Crippen MR) is 80.6 cm³/mol. The minimum atomic E-state index is -1.81. The number of nitrogens with zero attached hydrogens (tertiary/aromatic N) is 3. The highest BCUT2D eigenvalue weighted by atomic mass is 32.2. The average Bonchev–Trinajstić information content (AvgIpc) is 2.52. The molecule has 0 amide bonds. The quantitative estimate of drug-likeness (QED) is 0.593. The maximum Gasteiger partial charge on any atom is 0.299 e.